The Morgan fingerprint density at radius 2 is 1.97 bits per heavy atom. The van der Waals surface area contributed by atoms with Gasteiger partial charge in [-0.15, -0.1) is 0 Å². The molecule has 37 heavy (non-hydrogen) atoms. The van der Waals surface area contributed by atoms with Crippen molar-refractivity contribution in [1.82, 2.24) is 9.55 Å². The molecular formula is C25H32Cl2FN7O2. The minimum atomic E-state index is -0.595. The summed E-state index contributed by atoms with van der Waals surface area (Å²) in [6.07, 6.45) is 5.31. The molecule has 4 N–H and O–H groups in total. The molecule has 1 aliphatic heterocycles. The number of anilines is 3. The second-order valence-electron chi connectivity index (χ2n) is 9.45. The summed E-state index contributed by atoms with van der Waals surface area (Å²) >= 11 is 12.3. The number of benzene rings is 1. The van der Waals surface area contributed by atoms with E-state index in [2.05, 4.69) is 22.3 Å². The molecule has 0 radical (unpaired) electrons. The molecule has 1 aromatic carbocycles. The van der Waals surface area contributed by atoms with E-state index in [1.807, 2.05) is 11.5 Å². The number of nitrogens with two attached hydrogens (primary N) is 1. The number of amides is 1. The minimum Gasteiger partial charge on any atom is -0.381 e. The maximum Gasteiger partial charge on any atom is 0.223 e. The van der Waals surface area contributed by atoms with Crippen molar-refractivity contribution in [1.29, 1.82) is 0 Å². The number of hydrogen-bond donors (Lipinski definition) is 3. The normalized spacial score (nSPS) is 22.8. The molecule has 1 atom stereocenters. The average molecular weight is 552 g/mol. The number of aryl methyl sites for hydroxylation is 1. The molecule has 200 valence electrons. The molecule has 1 aliphatic carbocycles. The Morgan fingerprint density at radius 1 is 1.22 bits per heavy atom. The number of nitrogens with zero attached hydrogens (tertiary/aromatic N) is 4. The fourth-order valence-corrected chi connectivity index (χ4v) is 5.46. The number of guanidine groups is 1. The zero-order valence-corrected chi connectivity index (χ0v) is 22.3. The fraction of sp³-hybridized carbons (Fsp3) is 0.520. The predicted molar refractivity (Wildman–Crippen MR) is 146 cm³/mol. The van der Waals surface area contributed by atoms with Crippen LogP contribution < -0.4 is 16.4 Å². The molecule has 0 bridgehead atoms. The van der Waals surface area contributed by atoms with Gasteiger partial charge in [0.1, 0.15) is 11.6 Å². The van der Waals surface area contributed by atoms with Crippen LogP contribution >= 0.6 is 23.2 Å². The highest BCUT2D eigenvalue weighted by Gasteiger charge is 2.30. The Balaban J connectivity index is 1.69. The number of rotatable bonds is 6. The summed E-state index contributed by atoms with van der Waals surface area (Å²) in [5.74, 6) is 0.390. The van der Waals surface area contributed by atoms with E-state index in [-0.39, 0.29) is 39.6 Å². The number of aromatic nitrogens is 2. The number of hydrogen-bond acceptors (Lipinski definition) is 5. The van der Waals surface area contributed by atoms with Crippen molar-refractivity contribution in [3.05, 3.63) is 33.7 Å². The number of imidazole rings is 1. The van der Waals surface area contributed by atoms with Gasteiger partial charge in [-0.2, -0.15) is 0 Å². The summed E-state index contributed by atoms with van der Waals surface area (Å²) in [6.45, 7) is 6.93. The maximum atomic E-state index is 14.8. The van der Waals surface area contributed by atoms with E-state index >= 15 is 0 Å². The number of halogens is 3. The molecule has 1 saturated carbocycles. The third-order valence-corrected chi connectivity index (χ3v) is 7.42. The predicted octanol–water partition coefficient (Wildman–Crippen LogP) is 5.64. The highest BCUT2D eigenvalue weighted by molar-refractivity contribution is 6.36. The average Bonchev–Trinajstić information content (AvgIpc) is 3.00. The van der Waals surface area contributed by atoms with Crippen molar-refractivity contribution in [2.75, 3.05) is 23.8 Å². The minimum absolute atomic E-state index is 0.0340. The van der Waals surface area contributed by atoms with Crippen LogP contribution in [0.5, 0.6) is 0 Å². The molecule has 2 heterocycles. The van der Waals surface area contributed by atoms with Gasteiger partial charge in [-0.3, -0.25) is 9.36 Å². The Bertz CT molecular complexity index is 1150. The molecule has 2 fully saturated rings. The maximum absolute atomic E-state index is 14.8. The van der Waals surface area contributed by atoms with Crippen LogP contribution in [0, 0.1) is 18.7 Å². The number of aliphatic imine (C=N–C) groups is 2. The first kappa shape index (κ1) is 27.3. The van der Waals surface area contributed by atoms with Crippen LogP contribution in [0.2, 0.25) is 10.0 Å². The highest BCUT2D eigenvalue weighted by atomic mass is 35.5. The van der Waals surface area contributed by atoms with E-state index in [1.165, 1.54) is 12.1 Å². The number of primary amides is 1. The van der Waals surface area contributed by atoms with Crippen LogP contribution in [0.25, 0.3) is 0 Å². The fourth-order valence-electron chi connectivity index (χ4n) is 4.94. The van der Waals surface area contributed by atoms with Crippen molar-refractivity contribution >= 4 is 59.2 Å². The molecule has 1 amide bonds. The van der Waals surface area contributed by atoms with E-state index in [1.54, 1.807) is 0 Å². The van der Waals surface area contributed by atoms with Crippen LogP contribution in [0.4, 0.5) is 21.8 Å². The zero-order valence-electron chi connectivity index (χ0n) is 20.8. The molecule has 1 aromatic heterocycles. The van der Waals surface area contributed by atoms with Gasteiger partial charge in [-0.1, -0.05) is 23.2 Å². The first-order valence-electron chi connectivity index (χ1n) is 12.5. The van der Waals surface area contributed by atoms with Crippen LogP contribution in [0.3, 0.4) is 0 Å². The SMILES string of the molecule is C=NC(=NC1CCCOCC1)Nc1c(C)nc(Nc2c(F)cc(Cl)cc2Cl)n1C1CCC(C(N)=O)CC1. The standard InChI is InChI=1S/C25H32Cl2FN7O2/c1-14-23(34-24(30-2)32-17-4-3-10-37-11-9-17)35(18-7-5-15(6-8-18)22(29)36)25(31-14)33-21-19(27)12-16(26)13-20(21)28/h12-13,15,17-18H,2-11H2,1H3,(H2,29,36)(H,31,33)(H,32,34). The second kappa shape index (κ2) is 12.2. The lowest BCUT2D eigenvalue weighted by atomic mass is 9.85. The van der Waals surface area contributed by atoms with Gasteiger partial charge in [0.2, 0.25) is 17.8 Å². The highest BCUT2D eigenvalue weighted by Crippen LogP contribution is 2.39. The number of carbonyl (C=O) groups excluding carboxylic acids is 1. The van der Waals surface area contributed by atoms with Crippen molar-refractivity contribution in [2.45, 2.75) is 64.0 Å². The van der Waals surface area contributed by atoms with Gasteiger partial charge in [-0.05, 0) is 70.7 Å². The van der Waals surface area contributed by atoms with Crippen molar-refractivity contribution in [3.8, 4) is 0 Å². The summed E-state index contributed by atoms with van der Waals surface area (Å²) in [4.78, 5) is 25.3. The Labute approximate surface area is 225 Å². The number of ether oxygens (including phenoxy) is 1. The van der Waals surface area contributed by atoms with Gasteiger partial charge in [-0.25, -0.2) is 19.4 Å². The lowest BCUT2D eigenvalue weighted by molar-refractivity contribution is -0.122. The largest absolute Gasteiger partial charge is 0.381 e. The van der Waals surface area contributed by atoms with Crippen LogP contribution in [-0.4, -0.2) is 47.4 Å². The van der Waals surface area contributed by atoms with Crippen LogP contribution in [0.1, 0.15) is 56.7 Å². The first-order chi connectivity index (χ1) is 17.8. The smallest absolute Gasteiger partial charge is 0.223 e. The molecule has 4 rings (SSSR count). The second-order valence-corrected chi connectivity index (χ2v) is 10.3. The number of carbonyl (C=O) groups is 1. The monoisotopic (exact) mass is 551 g/mol. The topological polar surface area (TPSA) is 119 Å². The molecule has 0 spiro atoms. The van der Waals surface area contributed by atoms with Gasteiger partial charge in [0.25, 0.3) is 0 Å². The first-order valence-corrected chi connectivity index (χ1v) is 13.2. The Morgan fingerprint density at radius 3 is 2.65 bits per heavy atom. The van der Waals surface area contributed by atoms with Gasteiger partial charge in [0.15, 0.2) is 0 Å². The van der Waals surface area contributed by atoms with E-state index in [0.717, 1.165) is 25.9 Å². The Hall–Kier alpha value is -2.69. The van der Waals surface area contributed by atoms with E-state index in [4.69, 9.17) is 43.6 Å². The number of nitrogens with one attached hydrogen (secondary N) is 2. The summed E-state index contributed by atoms with van der Waals surface area (Å²) in [5, 5.41) is 6.70. The third kappa shape index (κ3) is 6.61. The molecular weight excluding hydrogens is 520 g/mol. The molecule has 9 nitrogen and oxygen atoms in total. The summed E-state index contributed by atoms with van der Waals surface area (Å²) in [5.41, 5.74) is 6.28. The van der Waals surface area contributed by atoms with Crippen molar-refractivity contribution < 1.29 is 13.9 Å². The molecule has 2 aromatic rings. The summed E-state index contributed by atoms with van der Waals surface area (Å²) in [6, 6.07) is 2.69. The van der Waals surface area contributed by atoms with E-state index in [0.29, 0.717) is 55.7 Å². The zero-order chi connectivity index (χ0) is 26.5. The van der Waals surface area contributed by atoms with Gasteiger partial charge in [0.05, 0.1) is 22.4 Å². The molecule has 1 saturated heterocycles. The van der Waals surface area contributed by atoms with E-state index in [9.17, 15) is 9.18 Å². The quantitative estimate of drug-likeness (QED) is 0.317. The van der Waals surface area contributed by atoms with Crippen LogP contribution in [0.15, 0.2) is 22.1 Å². The van der Waals surface area contributed by atoms with Crippen molar-refractivity contribution in [2.24, 2.45) is 21.6 Å². The van der Waals surface area contributed by atoms with Gasteiger partial charge >= 0.3 is 0 Å². The molecule has 1 unspecified atom stereocenters. The molecule has 12 heteroatoms. The van der Waals surface area contributed by atoms with Crippen molar-refractivity contribution in [3.63, 3.8) is 0 Å². The summed E-state index contributed by atoms with van der Waals surface area (Å²) in [7, 11) is 0. The lowest BCUT2D eigenvalue weighted by Crippen LogP contribution is -2.29. The van der Waals surface area contributed by atoms with Gasteiger partial charge < -0.3 is 21.1 Å². The summed E-state index contributed by atoms with van der Waals surface area (Å²) < 4.78 is 22.3. The Kier molecular flexibility index (Phi) is 9.04. The lowest BCUT2D eigenvalue weighted by Gasteiger charge is -2.30. The molecule has 2 aliphatic rings. The van der Waals surface area contributed by atoms with E-state index < -0.39 is 5.82 Å². The van der Waals surface area contributed by atoms with Gasteiger partial charge in [0, 0.05) is 30.2 Å². The van der Waals surface area contributed by atoms with Crippen LogP contribution in [-0.2, 0) is 9.53 Å². The third-order valence-electron chi connectivity index (χ3n) is 6.90.